The fourth-order valence-electron chi connectivity index (χ4n) is 2.97. The van der Waals surface area contributed by atoms with Crippen molar-refractivity contribution >= 4 is 23.7 Å². The van der Waals surface area contributed by atoms with Crippen LogP contribution >= 0.6 is 0 Å². The molecule has 1 aromatic rings. The average molecular weight is 405 g/mol. The average Bonchev–Trinajstić information content (AvgIpc) is 2.64. The molecule has 0 saturated carbocycles. The highest BCUT2D eigenvalue weighted by molar-refractivity contribution is 5.96. The van der Waals surface area contributed by atoms with Crippen LogP contribution in [0, 0.1) is 0 Å². The van der Waals surface area contributed by atoms with Gasteiger partial charge in [-0.05, 0) is 51.9 Å². The minimum Gasteiger partial charge on any atom is -0.444 e. The van der Waals surface area contributed by atoms with Gasteiger partial charge in [-0.3, -0.25) is 9.69 Å². The number of urea groups is 1. The Morgan fingerprint density at radius 1 is 1.14 bits per heavy atom. The molecule has 0 radical (unpaired) electrons. The van der Waals surface area contributed by atoms with Crippen molar-refractivity contribution in [2.45, 2.75) is 32.8 Å². The standard InChI is InChI=1S/C20H31N5O4/c1-20(2,3)29-19(28)25-12-10-24(11-13-25)9-5-8-22-17(26)15-6-4-7-16(14-15)23-18(21)27/h4,6-7,14H,5,8-13H2,1-3H3,(H,22,26)(H3,21,23,27). The van der Waals surface area contributed by atoms with E-state index < -0.39 is 11.6 Å². The first-order chi connectivity index (χ1) is 13.6. The number of piperazine rings is 1. The summed E-state index contributed by atoms with van der Waals surface area (Å²) < 4.78 is 5.40. The van der Waals surface area contributed by atoms with Crippen molar-refractivity contribution in [1.29, 1.82) is 0 Å². The van der Waals surface area contributed by atoms with Gasteiger partial charge in [0.1, 0.15) is 5.60 Å². The normalized spacial score (nSPS) is 14.9. The van der Waals surface area contributed by atoms with Crippen molar-refractivity contribution in [3.8, 4) is 0 Å². The predicted molar refractivity (Wildman–Crippen MR) is 111 cm³/mol. The molecule has 1 heterocycles. The van der Waals surface area contributed by atoms with Gasteiger partial charge < -0.3 is 26.0 Å². The molecule has 0 aliphatic carbocycles. The molecule has 9 heteroatoms. The number of anilines is 1. The topological polar surface area (TPSA) is 117 Å². The van der Waals surface area contributed by atoms with E-state index in [4.69, 9.17) is 10.5 Å². The third-order valence-corrected chi connectivity index (χ3v) is 4.35. The summed E-state index contributed by atoms with van der Waals surface area (Å²) in [6.07, 6.45) is 0.537. The van der Waals surface area contributed by atoms with Crippen molar-refractivity contribution in [2.24, 2.45) is 5.73 Å². The zero-order chi connectivity index (χ0) is 21.4. The van der Waals surface area contributed by atoms with E-state index in [2.05, 4.69) is 15.5 Å². The van der Waals surface area contributed by atoms with Crippen LogP contribution in [0.5, 0.6) is 0 Å². The maximum atomic E-state index is 12.2. The Hall–Kier alpha value is -2.81. The van der Waals surface area contributed by atoms with Gasteiger partial charge >= 0.3 is 12.1 Å². The van der Waals surface area contributed by atoms with Gasteiger partial charge in [0.2, 0.25) is 0 Å². The van der Waals surface area contributed by atoms with Crippen molar-refractivity contribution in [3.05, 3.63) is 29.8 Å². The first-order valence-electron chi connectivity index (χ1n) is 9.79. The largest absolute Gasteiger partial charge is 0.444 e. The number of nitrogens with one attached hydrogen (secondary N) is 2. The van der Waals surface area contributed by atoms with Crippen molar-refractivity contribution in [1.82, 2.24) is 15.1 Å². The molecule has 1 fully saturated rings. The molecule has 0 atom stereocenters. The first kappa shape index (κ1) is 22.5. The van der Waals surface area contributed by atoms with E-state index in [1.807, 2.05) is 20.8 Å². The van der Waals surface area contributed by atoms with Gasteiger partial charge in [0.15, 0.2) is 0 Å². The summed E-state index contributed by atoms with van der Waals surface area (Å²) in [6.45, 7) is 9.81. The van der Waals surface area contributed by atoms with Gasteiger partial charge in [-0.2, -0.15) is 0 Å². The van der Waals surface area contributed by atoms with Crippen molar-refractivity contribution < 1.29 is 19.1 Å². The Kier molecular flexibility index (Phi) is 7.83. The number of amides is 4. The van der Waals surface area contributed by atoms with Crippen LogP contribution in [0.25, 0.3) is 0 Å². The molecule has 0 spiro atoms. The second-order valence-electron chi connectivity index (χ2n) is 7.99. The summed E-state index contributed by atoms with van der Waals surface area (Å²) in [6, 6.07) is 5.94. The predicted octanol–water partition coefficient (Wildman–Crippen LogP) is 1.85. The molecular weight excluding hydrogens is 374 g/mol. The zero-order valence-corrected chi connectivity index (χ0v) is 17.4. The Balaban J connectivity index is 1.67. The van der Waals surface area contributed by atoms with Crippen LogP contribution in [0.4, 0.5) is 15.3 Å². The molecule has 160 valence electrons. The van der Waals surface area contributed by atoms with Crippen LogP contribution < -0.4 is 16.4 Å². The van der Waals surface area contributed by atoms with Crippen molar-refractivity contribution in [3.63, 3.8) is 0 Å². The molecule has 0 unspecified atom stereocenters. The van der Waals surface area contributed by atoms with Crippen LogP contribution in [0.1, 0.15) is 37.6 Å². The molecule has 4 N–H and O–H groups in total. The summed E-state index contributed by atoms with van der Waals surface area (Å²) in [5, 5.41) is 5.33. The van der Waals surface area contributed by atoms with Gasteiger partial charge in [0.25, 0.3) is 5.91 Å². The third kappa shape index (κ3) is 7.98. The van der Waals surface area contributed by atoms with Gasteiger partial charge in [0.05, 0.1) is 0 Å². The summed E-state index contributed by atoms with van der Waals surface area (Å²) >= 11 is 0. The highest BCUT2D eigenvalue weighted by Gasteiger charge is 2.25. The molecule has 1 aliphatic heterocycles. The Morgan fingerprint density at radius 2 is 1.83 bits per heavy atom. The summed E-state index contributed by atoms with van der Waals surface area (Å²) in [5.41, 5.74) is 5.54. The second-order valence-corrected chi connectivity index (χ2v) is 7.99. The smallest absolute Gasteiger partial charge is 0.410 e. The SMILES string of the molecule is CC(C)(C)OC(=O)N1CCN(CCCNC(=O)c2cccc(NC(N)=O)c2)CC1. The number of nitrogens with two attached hydrogens (primary N) is 1. The van der Waals surface area contributed by atoms with E-state index in [0.717, 1.165) is 26.1 Å². The number of hydrogen-bond donors (Lipinski definition) is 3. The van der Waals surface area contributed by atoms with Gasteiger partial charge in [-0.1, -0.05) is 6.07 Å². The van der Waals surface area contributed by atoms with Crippen LogP contribution in [0.2, 0.25) is 0 Å². The number of benzene rings is 1. The third-order valence-electron chi connectivity index (χ3n) is 4.35. The minimum atomic E-state index is -0.672. The zero-order valence-electron chi connectivity index (χ0n) is 17.4. The lowest BCUT2D eigenvalue weighted by atomic mass is 10.2. The van der Waals surface area contributed by atoms with E-state index in [0.29, 0.717) is 30.9 Å². The van der Waals surface area contributed by atoms with E-state index in [9.17, 15) is 14.4 Å². The summed E-state index contributed by atoms with van der Waals surface area (Å²) in [4.78, 5) is 39.2. The minimum absolute atomic E-state index is 0.201. The van der Waals surface area contributed by atoms with E-state index in [1.165, 1.54) is 0 Å². The molecule has 4 amide bonds. The van der Waals surface area contributed by atoms with Crippen LogP contribution in [-0.2, 0) is 4.74 Å². The van der Waals surface area contributed by atoms with Gasteiger partial charge in [-0.25, -0.2) is 9.59 Å². The quantitative estimate of drug-likeness (QED) is 0.625. The summed E-state index contributed by atoms with van der Waals surface area (Å²) in [7, 11) is 0. The van der Waals surface area contributed by atoms with Gasteiger partial charge in [-0.15, -0.1) is 0 Å². The van der Waals surface area contributed by atoms with E-state index >= 15 is 0 Å². The lowest BCUT2D eigenvalue weighted by Crippen LogP contribution is -2.50. The Labute approximate surface area is 171 Å². The number of ether oxygens (including phenoxy) is 1. The fourth-order valence-corrected chi connectivity index (χ4v) is 2.97. The Bertz CT molecular complexity index is 724. The molecule has 2 rings (SSSR count). The molecule has 0 bridgehead atoms. The maximum absolute atomic E-state index is 12.2. The number of primary amides is 1. The molecule has 9 nitrogen and oxygen atoms in total. The number of rotatable bonds is 6. The van der Waals surface area contributed by atoms with Crippen LogP contribution in [0.15, 0.2) is 24.3 Å². The first-order valence-corrected chi connectivity index (χ1v) is 9.79. The van der Waals surface area contributed by atoms with Crippen LogP contribution in [0.3, 0.4) is 0 Å². The van der Waals surface area contributed by atoms with Crippen molar-refractivity contribution in [2.75, 3.05) is 44.6 Å². The Morgan fingerprint density at radius 3 is 2.45 bits per heavy atom. The maximum Gasteiger partial charge on any atom is 0.410 e. The second kappa shape index (κ2) is 10.1. The van der Waals surface area contributed by atoms with Gasteiger partial charge in [0, 0.05) is 44.0 Å². The molecular formula is C20H31N5O4. The molecule has 29 heavy (non-hydrogen) atoms. The highest BCUT2D eigenvalue weighted by atomic mass is 16.6. The number of hydrogen-bond acceptors (Lipinski definition) is 5. The lowest BCUT2D eigenvalue weighted by molar-refractivity contribution is 0.0144. The fraction of sp³-hybridized carbons (Fsp3) is 0.550. The number of carbonyl (C=O) groups is 3. The van der Waals surface area contributed by atoms with Crippen LogP contribution in [-0.4, -0.2) is 72.7 Å². The number of carbonyl (C=O) groups excluding carboxylic acids is 3. The van der Waals surface area contributed by atoms with E-state index in [-0.39, 0.29) is 12.0 Å². The van der Waals surface area contributed by atoms with E-state index in [1.54, 1.807) is 29.2 Å². The summed E-state index contributed by atoms with van der Waals surface area (Å²) in [5.74, 6) is -0.201. The molecule has 0 aromatic heterocycles. The molecule has 1 aliphatic rings. The lowest BCUT2D eigenvalue weighted by Gasteiger charge is -2.35. The number of nitrogens with zero attached hydrogens (tertiary/aromatic N) is 2. The highest BCUT2D eigenvalue weighted by Crippen LogP contribution is 2.12. The molecule has 1 aromatic carbocycles. The molecule has 1 saturated heterocycles. The monoisotopic (exact) mass is 405 g/mol.